The van der Waals surface area contributed by atoms with Gasteiger partial charge in [-0.15, -0.1) is 0 Å². The van der Waals surface area contributed by atoms with Crippen molar-refractivity contribution in [1.82, 2.24) is 10.2 Å². The van der Waals surface area contributed by atoms with Crippen molar-refractivity contribution >= 4 is 5.91 Å². The molecule has 7 heteroatoms. The first-order valence-corrected chi connectivity index (χ1v) is 12.5. The van der Waals surface area contributed by atoms with Crippen LogP contribution in [0.2, 0.25) is 0 Å². The van der Waals surface area contributed by atoms with Gasteiger partial charge in [0.25, 0.3) is 0 Å². The van der Waals surface area contributed by atoms with Gasteiger partial charge in [0.2, 0.25) is 5.91 Å². The minimum absolute atomic E-state index is 0.0454. The lowest BCUT2D eigenvalue weighted by atomic mass is 9.91. The van der Waals surface area contributed by atoms with Crippen LogP contribution in [-0.4, -0.2) is 50.8 Å². The first-order chi connectivity index (χ1) is 16.9. The van der Waals surface area contributed by atoms with Crippen molar-refractivity contribution in [1.29, 1.82) is 0 Å². The molecule has 1 N–H and O–H groups in total. The van der Waals surface area contributed by atoms with Gasteiger partial charge >= 0.3 is 0 Å². The van der Waals surface area contributed by atoms with Gasteiger partial charge in [-0.3, -0.25) is 4.79 Å². The molecule has 0 unspecified atom stereocenters. The number of hydrogen-bond acceptors (Lipinski definition) is 4. The van der Waals surface area contributed by atoms with E-state index in [1.165, 1.54) is 18.2 Å². The molecule has 0 spiro atoms. The normalized spacial score (nSPS) is 15.8. The van der Waals surface area contributed by atoms with Gasteiger partial charge in [0, 0.05) is 20.1 Å². The fraction of sp³-hybridized carbons (Fsp3) is 0.536. The minimum atomic E-state index is -0.276. The van der Waals surface area contributed by atoms with E-state index in [1.54, 1.807) is 31.4 Å². The molecule has 5 nitrogen and oxygen atoms in total. The molecule has 1 amide bonds. The van der Waals surface area contributed by atoms with Gasteiger partial charge in [0.05, 0.1) is 12.6 Å². The van der Waals surface area contributed by atoms with Crippen LogP contribution < -0.4 is 10.1 Å². The van der Waals surface area contributed by atoms with Crippen LogP contribution >= 0.6 is 0 Å². The zero-order valence-corrected chi connectivity index (χ0v) is 21.1. The van der Waals surface area contributed by atoms with Crippen molar-refractivity contribution in [2.45, 2.75) is 45.6 Å². The summed E-state index contributed by atoms with van der Waals surface area (Å²) in [6.45, 7) is 7.68. The van der Waals surface area contributed by atoms with Crippen molar-refractivity contribution < 1.29 is 23.0 Å². The van der Waals surface area contributed by atoms with Crippen molar-refractivity contribution in [3.05, 3.63) is 65.2 Å². The number of ether oxygens (including phenoxy) is 2. The topological polar surface area (TPSA) is 50.8 Å². The molecule has 1 fully saturated rings. The number of methoxy groups -OCH3 is 1. The van der Waals surface area contributed by atoms with Crippen molar-refractivity contribution in [2.24, 2.45) is 11.8 Å². The monoisotopic (exact) mass is 488 g/mol. The molecule has 3 rings (SSSR count). The number of amides is 1. The van der Waals surface area contributed by atoms with E-state index in [4.69, 9.17) is 9.47 Å². The summed E-state index contributed by atoms with van der Waals surface area (Å²) in [5.41, 5.74) is 1.79. The van der Waals surface area contributed by atoms with Gasteiger partial charge < -0.3 is 19.7 Å². The number of nitrogens with one attached hydrogen (secondary N) is 1. The standard InChI is InChI=1S/C28H38F2N2O3/c1-20(2)28(22-4-6-24(29)7-5-22)31-27(33)18-21-10-13-32(14-11-21)15-12-23-19-25(30)8-9-26(23)35-17-16-34-3/h4-9,19-21,28H,10-18H2,1-3H3,(H,31,33)/t28-/m1/s1. The smallest absolute Gasteiger partial charge is 0.220 e. The summed E-state index contributed by atoms with van der Waals surface area (Å²) in [5.74, 6) is 0.762. The summed E-state index contributed by atoms with van der Waals surface area (Å²) >= 11 is 0. The zero-order valence-electron chi connectivity index (χ0n) is 21.1. The predicted molar refractivity (Wildman–Crippen MR) is 133 cm³/mol. The van der Waals surface area contributed by atoms with Crippen LogP contribution in [0.4, 0.5) is 8.78 Å². The van der Waals surface area contributed by atoms with Crippen molar-refractivity contribution in [3.8, 4) is 5.75 Å². The van der Waals surface area contributed by atoms with E-state index in [0.29, 0.717) is 37.7 Å². The number of carbonyl (C=O) groups excluding carboxylic acids is 1. The molecule has 1 aliphatic rings. The van der Waals surface area contributed by atoms with E-state index in [9.17, 15) is 13.6 Å². The summed E-state index contributed by atoms with van der Waals surface area (Å²) in [6, 6.07) is 10.9. The van der Waals surface area contributed by atoms with Crippen LogP contribution in [0.3, 0.4) is 0 Å². The van der Waals surface area contributed by atoms with E-state index in [1.807, 2.05) is 0 Å². The lowest BCUT2D eigenvalue weighted by molar-refractivity contribution is -0.123. The number of carbonyl (C=O) groups is 1. The third kappa shape index (κ3) is 8.58. The average molecular weight is 489 g/mol. The van der Waals surface area contributed by atoms with E-state index in [2.05, 4.69) is 24.1 Å². The molecule has 1 aliphatic heterocycles. The van der Waals surface area contributed by atoms with Crippen LogP contribution in [0, 0.1) is 23.5 Å². The maximum absolute atomic E-state index is 13.8. The number of benzene rings is 2. The van der Waals surface area contributed by atoms with Crippen LogP contribution in [0.5, 0.6) is 5.75 Å². The number of nitrogens with zero attached hydrogens (tertiary/aromatic N) is 1. The van der Waals surface area contributed by atoms with Crippen LogP contribution in [0.25, 0.3) is 0 Å². The summed E-state index contributed by atoms with van der Waals surface area (Å²) < 4.78 is 37.9. The van der Waals surface area contributed by atoms with E-state index >= 15 is 0 Å². The Morgan fingerprint density at radius 3 is 2.40 bits per heavy atom. The summed E-state index contributed by atoms with van der Waals surface area (Å²) in [5, 5.41) is 3.16. The van der Waals surface area contributed by atoms with Gasteiger partial charge in [0.1, 0.15) is 24.0 Å². The number of hydrogen-bond donors (Lipinski definition) is 1. The molecule has 0 aromatic heterocycles. The van der Waals surface area contributed by atoms with Gasteiger partial charge in [-0.2, -0.15) is 0 Å². The average Bonchev–Trinajstić information content (AvgIpc) is 2.84. The SMILES string of the molecule is COCCOc1ccc(F)cc1CCN1CCC(CC(=O)N[C@@H](c2ccc(F)cc2)C(C)C)CC1. The van der Waals surface area contributed by atoms with Gasteiger partial charge in [-0.1, -0.05) is 26.0 Å². The third-order valence-electron chi connectivity index (χ3n) is 6.66. The lowest BCUT2D eigenvalue weighted by Crippen LogP contribution is -2.38. The van der Waals surface area contributed by atoms with Crippen LogP contribution in [0.1, 0.15) is 50.3 Å². The fourth-order valence-electron chi connectivity index (χ4n) is 4.61. The molecule has 0 aliphatic carbocycles. The van der Waals surface area contributed by atoms with Gasteiger partial charge in [-0.25, -0.2) is 8.78 Å². The second kappa shape index (κ2) is 13.5. The zero-order chi connectivity index (χ0) is 25.2. The molecular weight excluding hydrogens is 450 g/mol. The second-order valence-corrected chi connectivity index (χ2v) is 9.67. The van der Waals surface area contributed by atoms with E-state index in [-0.39, 0.29) is 29.5 Å². The van der Waals surface area contributed by atoms with Gasteiger partial charge in [-0.05, 0) is 85.6 Å². The molecule has 0 bridgehead atoms. The number of likely N-dealkylation sites (tertiary alicyclic amines) is 1. The number of piperidine rings is 1. The minimum Gasteiger partial charge on any atom is -0.491 e. The molecule has 1 atom stereocenters. The highest BCUT2D eigenvalue weighted by molar-refractivity contribution is 5.76. The predicted octanol–water partition coefficient (Wildman–Crippen LogP) is 5.15. The van der Waals surface area contributed by atoms with Gasteiger partial charge in [0.15, 0.2) is 0 Å². The molecule has 35 heavy (non-hydrogen) atoms. The number of rotatable bonds is 12. The number of halogens is 2. The molecule has 1 saturated heterocycles. The Labute approximate surface area is 207 Å². The second-order valence-electron chi connectivity index (χ2n) is 9.67. The summed E-state index contributed by atoms with van der Waals surface area (Å²) in [6.07, 6.45) is 3.12. The highest BCUT2D eigenvalue weighted by Gasteiger charge is 2.24. The molecule has 192 valence electrons. The molecule has 0 saturated carbocycles. The molecule has 2 aromatic carbocycles. The molecule has 0 radical (unpaired) electrons. The molecule has 1 heterocycles. The van der Waals surface area contributed by atoms with Crippen LogP contribution in [-0.2, 0) is 16.0 Å². The third-order valence-corrected chi connectivity index (χ3v) is 6.66. The Kier molecular flexibility index (Phi) is 10.5. The largest absolute Gasteiger partial charge is 0.491 e. The first-order valence-electron chi connectivity index (χ1n) is 12.5. The Morgan fingerprint density at radius 1 is 1.06 bits per heavy atom. The Balaban J connectivity index is 1.45. The van der Waals surface area contributed by atoms with E-state index < -0.39 is 0 Å². The first kappa shape index (κ1) is 27.1. The maximum atomic E-state index is 13.8. The Bertz CT molecular complexity index is 928. The lowest BCUT2D eigenvalue weighted by Gasteiger charge is -2.32. The van der Waals surface area contributed by atoms with Crippen LogP contribution in [0.15, 0.2) is 42.5 Å². The summed E-state index contributed by atoms with van der Waals surface area (Å²) in [7, 11) is 1.62. The highest BCUT2D eigenvalue weighted by atomic mass is 19.1. The molecular formula is C28H38F2N2O3. The fourth-order valence-corrected chi connectivity index (χ4v) is 4.61. The maximum Gasteiger partial charge on any atom is 0.220 e. The quantitative estimate of drug-likeness (QED) is 0.420. The summed E-state index contributed by atoms with van der Waals surface area (Å²) in [4.78, 5) is 15.1. The Hall–Kier alpha value is -2.51. The Morgan fingerprint density at radius 2 is 1.74 bits per heavy atom. The molecule has 2 aromatic rings. The highest BCUT2D eigenvalue weighted by Crippen LogP contribution is 2.26. The van der Waals surface area contributed by atoms with E-state index in [0.717, 1.165) is 43.6 Å². The van der Waals surface area contributed by atoms with Crippen molar-refractivity contribution in [2.75, 3.05) is 40.0 Å². The van der Waals surface area contributed by atoms with Crippen molar-refractivity contribution in [3.63, 3.8) is 0 Å².